The molecule has 1 N–H and O–H groups in total. The number of carbonyl (C=O) groups is 1. The number of carbonyl (C=O) groups excluding carboxylic acids is 1. The quantitative estimate of drug-likeness (QED) is 0.692. The normalized spacial score (nSPS) is 13.8. The first-order chi connectivity index (χ1) is 14.0. The van der Waals surface area contributed by atoms with Crippen LogP contribution in [0.3, 0.4) is 0 Å². The molecule has 7 nitrogen and oxygen atoms in total. The molecular weight excluding hydrogens is 395 g/mol. The summed E-state index contributed by atoms with van der Waals surface area (Å²) in [6, 6.07) is 6.10. The lowest BCUT2D eigenvalue weighted by molar-refractivity contribution is 0.0949. The standard InChI is InChI=1S/C20H22ClFN6O/c1-13-18(19(21)28(26-13)12-14-6-8-15(22)9-7-14)20(29)23-11-17-25-24-16-5-3-2-4-10-27(16)17/h6-9H,2-5,10-12H2,1H3,(H,23,29). The highest BCUT2D eigenvalue weighted by Crippen LogP contribution is 2.21. The second-order valence-corrected chi connectivity index (χ2v) is 7.57. The van der Waals surface area contributed by atoms with Gasteiger partial charge in [-0.25, -0.2) is 9.07 Å². The van der Waals surface area contributed by atoms with Crippen molar-refractivity contribution in [1.29, 1.82) is 0 Å². The van der Waals surface area contributed by atoms with Crippen molar-refractivity contribution in [1.82, 2.24) is 29.9 Å². The molecule has 0 spiro atoms. The van der Waals surface area contributed by atoms with Gasteiger partial charge in [-0.2, -0.15) is 5.10 Å². The van der Waals surface area contributed by atoms with Gasteiger partial charge >= 0.3 is 0 Å². The summed E-state index contributed by atoms with van der Waals surface area (Å²) in [5, 5.41) is 16.0. The van der Waals surface area contributed by atoms with Crippen LogP contribution in [0.15, 0.2) is 24.3 Å². The first-order valence-corrected chi connectivity index (χ1v) is 10.1. The fourth-order valence-corrected chi connectivity index (χ4v) is 3.92. The van der Waals surface area contributed by atoms with Crippen LogP contribution >= 0.6 is 11.6 Å². The molecule has 9 heteroatoms. The van der Waals surface area contributed by atoms with E-state index in [2.05, 4.69) is 25.2 Å². The Labute approximate surface area is 172 Å². The van der Waals surface area contributed by atoms with Gasteiger partial charge in [0.05, 0.1) is 24.3 Å². The lowest BCUT2D eigenvalue weighted by Gasteiger charge is -2.08. The summed E-state index contributed by atoms with van der Waals surface area (Å²) in [6.07, 6.45) is 4.30. The second kappa shape index (κ2) is 8.32. The van der Waals surface area contributed by atoms with Crippen molar-refractivity contribution in [2.24, 2.45) is 0 Å². The Kier molecular flexibility index (Phi) is 5.62. The molecule has 1 aliphatic rings. The van der Waals surface area contributed by atoms with E-state index < -0.39 is 0 Å². The summed E-state index contributed by atoms with van der Waals surface area (Å²) in [4.78, 5) is 12.8. The summed E-state index contributed by atoms with van der Waals surface area (Å²) >= 11 is 6.44. The molecule has 0 aliphatic carbocycles. The summed E-state index contributed by atoms with van der Waals surface area (Å²) in [6.45, 7) is 3.25. The van der Waals surface area contributed by atoms with E-state index in [4.69, 9.17) is 11.6 Å². The van der Waals surface area contributed by atoms with Crippen molar-refractivity contribution in [3.8, 4) is 0 Å². The van der Waals surface area contributed by atoms with Gasteiger partial charge in [-0.3, -0.25) is 4.79 Å². The van der Waals surface area contributed by atoms with Gasteiger partial charge in [0.1, 0.15) is 16.8 Å². The number of hydrogen-bond acceptors (Lipinski definition) is 4. The van der Waals surface area contributed by atoms with E-state index in [0.717, 1.165) is 43.0 Å². The maximum Gasteiger partial charge on any atom is 0.256 e. The maximum atomic E-state index is 13.1. The minimum atomic E-state index is -0.303. The number of benzene rings is 1. The van der Waals surface area contributed by atoms with Crippen LogP contribution in [-0.2, 0) is 26.1 Å². The highest BCUT2D eigenvalue weighted by molar-refractivity contribution is 6.33. The van der Waals surface area contributed by atoms with E-state index in [9.17, 15) is 9.18 Å². The average Bonchev–Trinajstić information content (AvgIpc) is 3.10. The Morgan fingerprint density at radius 1 is 1.21 bits per heavy atom. The molecule has 0 atom stereocenters. The van der Waals surface area contributed by atoms with Crippen LogP contribution in [0, 0.1) is 12.7 Å². The molecule has 4 rings (SSSR count). The van der Waals surface area contributed by atoms with Crippen LogP contribution in [0.5, 0.6) is 0 Å². The zero-order chi connectivity index (χ0) is 20.4. The highest BCUT2D eigenvalue weighted by Gasteiger charge is 2.22. The predicted octanol–water partition coefficient (Wildman–Crippen LogP) is 3.28. The minimum Gasteiger partial charge on any atom is -0.345 e. The molecule has 0 bridgehead atoms. The number of aromatic nitrogens is 5. The van der Waals surface area contributed by atoms with Crippen molar-refractivity contribution < 1.29 is 9.18 Å². The number of fused-ring (bicyclic) bond motifs is 1. The van der Waals surface area contributed by atoms with Crippen LogP contribution in [0.1, 0.15) is 52.5 Å². The Balaban J connectivity index is 1.47. The van der Waals surface area contributed by atoms with Gasteiger partial charge in [-0.1, -0.05) is 30.2 Å². The van der Waals surface area contributed by atoms with Gasteiger partial charge in [0, 0.05) is 13.0 Å². The van der Waals surface area contributed by atoms with Crippen LogP contribution in [0.4, 0.5) is 4.39 Å². The number of rotatable bonds is 5. The molecule has 29 heavy (non-hydrogen) atoms. The van der Waals surface area contributed by atoms with E-state index in [1.165, 1.54) is 18.6 Å². The summed E-state index contributed by atoms with van der Waals surface area (Å²) < 4.78 is 16.7. The molecular formula is C20H22ClFN6O. The number of nitrogens with one attached hydrogen (secondary N) is 1. The fourth-order valence-electron chi connectivity index (χ4n) is 3.60. The van der Waals surface area contributed by atoms with Gasteiger partial charge in [0.2, 0.25) is 0 Å². The van der Waals surface area contributed by atoms with Crippen molar-refractivity contribution in [3.05, 3.63) is 63.7 Å². The molecule has 0 saturated carbocycles. The summed E-state index contributed by atoms with van der Waals surface area (Å²) in [5.41, 5.74) is 1.72. The van der Waals surface area contributed by atoms with Gasteiger partial charge < -0.3 is 9.88 Å². The summed E-state index contributed by atoms with van der Waals surface area (Å²) in [7, 11) is 0. The first kappa shape index (κ1) is 19.6. The van der Waals surface area contributed by atoms with E-state index in [1.54, 1.807) is 23.7 Å². The monoisotopic (exact) mass is 416 g/mol. The molecule has 1 aliphatic heterocycles. The molecule has 0 unspecified atom stereocenters. The third kappa shape index (κ3) is 4.17. The predicted molar refractivity (Wildman–Crippen MR) is 106 cm³/mol. The number of aryl methyl sites for hydroxylation is 2. The van der Waals surface area contributed by atoms with Crippen LogP contribution < -0.4 is 5.32 Å². The van der Waals surface area contributed by atoms with Crippen molar-refractivity contribution in [2.45, 2.75) is 52.2 Å². The lowest BCUT2D eigenvalue weighted by Crippen LogP contribution is -2.25. The second-order valence-electron chi connectivity index (χ2n) is 7.21. The lowest BCUT2D eigenvalue weighted by atomic mass is 10.2. The van der Waals surface area contributed by atoms with E-state index >= 15 is 0 Å². The SMILES string of the molecule is Cc1nn(Cc2ccc(F)cc2)c(Cl)c1C(=O)NCc1nnc2n1CCCCC2. The Hall–Kier alpha value is -2.74. The van der Waals surface area contributed by atoms with Crippen LogP contribution in [0.2, 0.25) is 5.15 Å². The zero-order valence-corrected chi connectivity index (χ0v) is 16.9. The molecule has 1 amide bonds. The van der Waals surface area contributed by atoms with Gasteiger partial charge in [-0.05, 0) is 37.5 Å². The first-order valence-electron chi connectivity index (χ1n) is 9.69. The third-order valence-electron chi connectivity index (χ3n) is 5.13. The number of hydrogen-bond donors (Lipinski definition) is 1. The van der Waals surface area contributed by atoms with Gasteiger partial charge in [-0.15, -0.1) is 10.2 Å². The molecule has 0 fully saturated rings. The van der Waals surface area contributed by atoms with Crippen molar-refractivity contribution in [3.63, 3.8) is 0 Å². The van der Waals surface area contributed by atoms with Crippen LogP contribution in [0.25, 0.3) is 0 Å². The molecule has 152 valence electrons. The van der Waals surface area contributed by atoms with Crippen LogP contribution in [-0.4, -0.2) is 30.5 Å². The number of nitrogens with zero attached hydrogens (tertiary/aromatic N) is 5. The topological polar surface area (TPSA) is 77.6 Å². The molecule has 3 heterocycles. The van der Waals surface area contributed by atoms with Crippen molar-refractivity contribution in [2.75, 3.05) is 0 Å². The fraction of sp³-hybridized carbons (Fsp3) is 0.400. The molecule has 2 aromatic heterocycles. The maximum absolute atomic E-state index is 13.1. The average molecular weight is 417 g/mol. The van der Waals surface area contributed by atoms with Gasteiger partial charge in [0.15, 0.2) is 5.82 Å². The molecule has 1 aromatic carbocycles. The number of amides is 1. The minimum absolute atomic E-state index is 0.254. The Bertz CT molecular complexity index is 1030. The molecule has 3 aromatic rings. The zero-order valence-electron chi connectivity index (χ0n) is 16.2. The smallest absolute Gasteiger partial charge is 0.256 e. The Morgan fingerprint density at radius 2 is 2.00 bits per heavy atom. The molecule has 0 radical (unpaired) electrons. The largest absolute Gasteiger partial charge is 0.345 e. The summed E-state index contributed by atoms with van der Waals surface area (Å²) in [5.74, 6) is 1.13. The highest BCUT2D eigenvalue weighted by atomic mass is 35.5. The Morgan fingerprint density at radius 3 is 2.79 bits per heavy atom. The van der Waals surface area contributed by atoms with Gasteiger partial charge in [0.25, 0.3) is 5.91 Å². The number of halogens is 2. The van der Waals surface area contributed by atoms with E-state index in [-0.39, 0.29) is 23.4 Å². The van der Waals surface area contributed by atoms with E-state index in [1.807, 2.05) is 0 Å². The van der Waals surface area contributed by atoms with Crippen molar-refractivity contribution >= 4 is 17.5 Å². The van der Waals surface area contributed by atoms with E-state index in [0.29, 0.717) is 17.8 Å². The molecule has 0 saturated heterocycles. The third-order valence-corrected chi connectivity index (χ3v) is 5.52.